The van der Waals surface area contributed by atoms with Crippen LogP contribution in [-0.4, -0.2) is 11.2 Å². The number of fused-ring (bicyclic) bond motifs is 3. The smallest absolute Gasteiger partial charge is 0.102 e. The first-order chi connectivity index (χ1) is 9.76. The number of pyridine rings is 1. The van der Waals surface area contributed by atoms with Gasteiger partial charge in [0.1, 0.15) is 6.07 Å². The van der Waals surface area contributed by atoms with Crippen LogP contribution in [0.3, 0.4) is 0 Å². The van der Waals surface area contributed by atoms with Gasteiger partial charge < -0.3 is 0 Å². The summed E-state index contributed by atoms with van der Waals surface area (Å²) in [5.41, 5.74) is 6.53. The number of hydrogen-bond acceptors (Lipinski definition) is 3. The molecule has 100 valence electrons. The van der Waals surface area contributed by atoms with E-state index in [9.17, 15) is 5.26 Å². The fourth-order valence-corrected chi connectivity index (χ4v) is 3.79. The summed E-state index contributed by atoms with van der Waals surface area (Å²) in [6.45, 7) is 1.94. The number of hydrogen-bond donors (Lipinski definition) is 0. The van der Waals surface area contributed by atoms with Gasteiger partial charge in [0, 0.05) is 10.5 Å². The minimum absolute atomic E-state index is 0.746. The summed E-state index contributed by atoms with van der Waals surface area (Å²) in [7, 11) is 0. The molecule has 1 heterocycles. The number of nitriles is 1. The van der Waals surface area contributed by atoms with E-state index < -0.39 is 0 Å². The van der Waals surface area contributed by atoms with Crippen molar-refractivity contribution in [3.8, 4) is 17.3 Å². The van der Waals surface area contributed by atoms with Crippen LogP contribution < -0.4 is 0 Å². The highest BCUT2D eigenvalue weighted by Crippen LogP contribution is 2.38. The predicted molar refractivity (Wildman–Crippen MR) is 82.9 cm³/mol. The van der Waals surface area contributed by atoms with Crippen molar-refractivity contribution in [3.05, 3.63) is 46.6 Å². The summed E-state index contributed by atoms with van der Waals surface area (Å²) in [6.07, 6.45) is 5.25. The van der Waals surface area contributed by atoms with Crippen LogP contribution in [0.2, 0.25) is 0 Å². The molecule has 2 aromatic rings. The summed E-state index contributed by atoms with van der Waals surface area (Å²) < 4.78 is 0. The van der Waals surface area contributed by atoms with E-state index in [0.29, 0.717) is 0 Å². The lowest BCUT2D eigenvalue weighted by Crippen LogP contribution is -2.01. The molecule has 0 fully saturated rings. The molecule has 0 radical (unpaired) electrons. The molecule has 0 atom stereocenters. The second-order valence-electron chi connectivity index (χ2n) is 5.06. The summed E-state index contributed by atoms with van der Waals surface area (Å²) >= 11 is 1.67. The van der Waals surface area contributed by atoms with Gasteiger partial charge in [-0.25, -0.2) is 0 Å². The third kappa shape index (κ3) is 2.01. The molecule has 0 aliphatic heterocycles. The Morgan fingerprint density at radius 2 is 2.05 bits per heavy atom. The number of aryl methyl sites for hydroxylation is 2. The first kappa shape index (κ1) is 13.2. The average molecular weight is 280 g/mol. The molecule has 1 aromatic carbocycles. The topological polar surface area (TPSA) is 36.7 Å². The predicted octanol–water partition coefficient (Wildman–Crippen LogP) is 4.14. The van der Waals surface area contributed by atoms with Crippen LogP contribution in [0.4, 0.5) is 0 Å². The normalized spacial score (nSPS) is 13.1. The van der Waals surface area contributed by atoms with Crippen LogP contribution in [0.15, 0.2) is 29.2 Å². The van der Waals surface area contributed by atoms with Gasteiger partial charge in [-0.3, -0.25) is 4.98 Å². The van der Waals surface area contributed by atoms with Crippen molar-refractivity contribution in [1.29, 1.82) is 5.26 Å². The van der Waals surface area contributed by atoms with Crippen LogP contribution in [-0.2, 0) is 12.8 Å². The molecular formula is C17H16N2S. The SMILES string of the molecule is CSc1c(C#N)c(C)nc2c1CCCc1ccccc1-2. The monoisotopic (exact) mass is 280 g/mol. The van der Waals surface area contributed by atoms with Gasteiger partial charge in [-0.1, -0.05) is 24.3 Å². The molecule has 0 amide bonds. The van der Waals surface area contributed by atoms with Gasteiger partial charge >= 0.3 is 0 Å². The molecule has 20 heavy (non-hydrogen) atoms. The van der Waals surface area contributed by atoms with Crippen LogP contribution in [0, 0.1) is 18.3 Å². The highest BCUT2D eigenvalue weighted by atomic mass is 32.2. The Morgan fingerprint density at radius 1 is 1.25 bits per heavy atom. The molecule has 1 aromatic heterocycles. The van der Waals surface area contributed by atoms with Gasteiger partial charge in [0.2, 0.25) is 0 Å². The van der Waals surface area contributed by atoms with E-state index in [4.69, 9.17) is 4.98 Å². The number of rotatable bonds is 1. The number of benzene rings is 1. The zero-order chi connectivity index (χ0) is 14.1. The van der Waals surface area contributed by atoms with E-state index in [1.165, 1.54) is 16.7 Å². The van der Waals surface area contributed by atoms with Crippen LogP contribution >= 0.6 is 11.8 Å². The Morgan fingerprint density at radius 3 is 2.80 bits per heavy atom. The maximum Gasteiger partial charge on any atom is 0.102 e. The van der Waals surface area contributed by atoms with Crippen molar-refractivity contribution < 1.29 is 0 Å². The lowest BCUT2D eigenvalue weighted by molar-refractivity contribution is 0.819. The molecule has 0 spiro atoms. The van der Waals surface area contributed by atoms with Crippen molar-refractivity contribution in [2.45, 2.75) is 31.1 Å². The molecule has 1 aliphatic rings. The van der Waals surface area contributed by atoms with E-state index in [-0.39, 0.29) is 0 Å². The van der Waals surface area contributed by atoms with Crippen molar-refractivity contribution >= 4 is 11.8 Å². The van der Waals surface area contributed by atoms with Gasteiger partial charge in [0.05, 0.1) is 17.0 Å². The Hall–Kier alpha value is -1.79. The Labute approximate surface area is 123 Å². The molecule has 0 saturated heterocycles. The van der Waals surface area contributed by atoms with E-state index >= 15 is 0 Å². The minimum atomic E-state index is 0.746. The fraction of sp³-hybridized carbons (Fsp3) is 0.294. The number of aromatic nitrogens is 1. The van der Waals surface area contributed by atoms with E-state index in [1.807, 2.05) is 13.2 Å². The van der Waals surface area contributed by atoms with Gasteiger partial charge in [0.25, 0.3) is 0 Å². The summed E-state index contributed by atoms with van der Waals surface area (Å²) in [4.78, 5) is 5.88. The van der Waals surface area contributed by atoms with Crippen LogP contribution in [0.5, 0.6) is 0 Å². The highest BCUT2D eigenvalue weighted by molar-refractivity contribution is 7.98. The van der Waals surface area contributed by atoms with Crippen molar-refractivity contribution in [1.82, 2.24) is 4.98 Å². The van der Waals surface area contributed by atoms with Gasteiger partial charge in [-0.15, -0.1) is 11.8 Å². The Kier molecular flexibility index (Phi) is 3.50. The third-order valence-electron chi connectivity index (χ3n) is 3.89. The fourth-order valence-electron chi connectivity index (χ4n) is 2.95. The highest BCUT2D eigenvalue weighted by Gasteiger charge is 2.21. The maximum absolute atomic E-state index is 9.39. The van der Waals surface area contributed by atoms with E-state index in [1.54, 1.807) is 11.8 Å². The molecule has 3 heteroatoms. The number of nitrogens with zero attached hydrogens (tertiary/aromatic N) is 2. The van der Waals surface area contributed by atoms with E-state index in [2.05, 4.69) is 30.3 Å². The lowest BCUT2D eigenvalue weighted by Gasteiger charge is -2.15. The van der Waals surface area contributed by atoms with Crippen molar-refractivity contribution in [3.63, 3.8) is 0 Å². The van der Waals surface area contributed by atoms with Gasteiger partial charge in [-0.2, -0.15) is 5.26 Å². The summed E-state index contributed by atoms with van der Waals surface area (Å²) in [6, 6.07) is 10.8. The second kappa shape index (κ2) is 5.30. The summed E-state index contributed by atoms with van der Waals surface area (Å²) in [5, 5.41) is 9.39. The number of thioether (sulfide) groups is 1. The molecule has 2 nitrogen and oxygen atoms in total. The molecular weight excluding hydrogens is 264 g/mol. The molecule has 0 saturated carbocycles. The maximum atomic E-state index is 9.39. The van der Waals surface area contributed by atoms with Crippen LogP contribution in [0.1, 0.15) is 28.8 Å². The average Bonchev–Trinajstić information content (AvgIpc) is 2.65. The molecule has 0 unspecified atom stereocenters. The Balaban J connectivity index is 2.35. The van der Waals surface area contributed by atoms with Gasteiger partial charge in [-0.05, 0) is 43.6 Å². The molecule has 0 bridgehead atoms. The second-order valence-corrected chi connectivity index (χ2v) is 5.87. The molecule has 0 N–H and O–H groups in total. The summed E-state index contributed by atoms with van der Waals surface area (Å²) in [5.74, 6) is 0. The zero-order valence-electron chi connectivity index (χ0n) is 11.7. The third-order valence-corrected chi connectivity index (χ3v) is 4.75. The van der Waals surface area contributed by atoms with Gasteiger partial charge in [0.15, 0.2) is 0 Å². The van der Waals surface area contributed by atoms with E-state index in [0.717, 1.165) is 41.1 Å². The largest absolute Gasteiger partial charge is 0.251 e. The zero-order valence-corrected chi connectivity index (χ0v) is 12.5. The lowest BCUT2D eigenvalue weighted by atomic mass is 10.00. The standard InChI is InChI=1S/C17H16N2S/c1-11-15(10-18)17(20-2)14-9-5-7-12-6-3-4-8-13(12)16(14)19-11/h3-4,6,8H,5,7,9H2,1-2H3. The van der Waals surface area contributed by atoms with Crippen molar-refractivity contribution in [2.24, 2.45) is 0 Å². The quantitative estimate of drug-likeness (QED) is 0.737. The molecule has 1 aliphatic carbocycles. The first-order valence-electron chi connectivity index (χ1n) is 6.82. The minimum Gasteiger partial charge on any atom is -0.251 e. The van der Waals surface area contributed by atoms with Crippen LogP contribution in [0.25, 0.3) is 11.3 Å². The Bertz CT molecular complexity index is 714. The van der Waals surface area contributed by atoms with Crippen molar-refractivity contribution in [2.75, 3.05) is 6.26 Å². The first-order valence-corrected chi connectivity index (χ1v) is 8.04. The molecule has 3 rings (SSSR count).